The number of pyridine rings is 1. The standard InChI is InChI=1S/C20H22N6O2S2/c1-2-17-24-25-19(30-17)22-16(27)12-29-18-14-5-3-4-6-15(14)26(20(28)23-18)11-13-7-9-21-10-8-13/h7-10H,2-6,11-12H2,1H3,(H,22,25,27). The average Bonchev–Trinajstić information content (AvgIpc) is 3.22. The quantitative estimate of drug-likeness (QED) is 0.443. The Hall–Kier alpha value is -2.59. The maximum Gasteiger partial charge on any atom is 0.349 e. The molecule has 0 saturated carbocycles. The van der Waals surface area contributed by atoms with Gasteiger partial charge in [-0.2, -0.15) is 4.98 Å². The van der Waals surface area contributed by atoms with Crippen molar-refractivity contribution in [3.05, 3.63) is 56.8 Å². The lowest BCUT2D eigenvalue weighted by Gasteiger charge is -2.22. The number of nitrogens with zero attached hydrogens (tertiary/aromatic N) is 5. The topological polar surface area (TPSA) is 103 Å². The maximum atomic E-state index is 12.8. The number of amides is 1. The zero-order chi connectivity index (χ0) is 20.9. The molecule has 0 fully saturated rings. The third-order valence-electron chi connectivity index (χ3n) is 4.90. The number of carbonyl (C=O) groups excluding carboxylic acids is 1. The summed E-state index contributed by atoms with van der Waals surface area (Å²) in [4.78, 5) is 33.5. The molecule has 0 aromatic carbocycles. The van der Waals surface area contributed by atoms with Crippen LogP contribution >= 0.6 is 23.1 Å². The van der Waals surface area contributed by atoms with Gasteiger partial charge in [0.15, 0.2) is 0 Å². The molecule has 1 aliphatic carbocycles. The lowest BCUT2D eigenvalue weighted by atomic mass is 9.97. The highest BCUT2D eigenvalue weighted by molar-refractivity contribution is 8.00. The van der Waals surface area contributed by atoms with Gasteiger partial charge in [0.2, 0.25) is 11.0 Å². The van der Waals surface area contributed by atoms with E-state index in [4.69, 9.17) is 0 Å². The van der Waals surface area contributed by atoms with Crippen LogP contribution in [0.3, 0.4) is 0 Å². The molecule has 3 aromatic heterocycles. The van der Waals surface area contributed by atoms with Crippen LogP contribution in [0.15, 0.2) is 34.3 Å². The first kappa shape index (κ1) is 20.7. The van der Waals surface area contributed by atoms with E-state index in [-0.39, 0.29) is 17.3 Å². The molecule has 0 radical (unpaired) electrons. The Morgan fingerprint density at radius 1 is 1.23 bits per heavy atom. The average molecular weight is 443 g/mol. The molecule has 30 heavy (non-hydrogen) atoms. The second-order valence-corrected chi connectivity index (χ2v) is 8.99. The van der Waals surface area contributed by atoms with E-state index in [1.807, 2.05) is 19.1 Å². The van der Waals surface area contributed by atoms with Crippen molar-refractivity contribution in [2.24, 2.45) is 0 Å². The van der Waals surface area contributed by atoms with E-state index in [2.05, 4.69) is 25.5 Å². The summed E-state index contributed by atoms with van der Waals surface area (Å²) in [5, 5.41) is 12.8. The monoisotopic (exact) mass is 442 g/mol. The third kappa shape index (κ3) is 4.76. The summed E-state index contributed by atoms with van der Waals surface area (Å²) in [6, 6.07) is 3.82. The number of rotatable bonds is 7. The molecule has 0 spiro atoms. The molecule has 3 heterocycles. The van der Waals surface area contributed by atoms with Crippen molar-refractivity contribution >= 4 is 34.1 Å². The Balaban J connectivity index is 1.51. The van der Waals surface area contributed by atoms with Crippen molar-refractivity contribution in [1.29, 1.82) is 0 Å². The minimum atomic E-state index is -0.271. The number of nitrogens with one attached hydrogen (secondary N) is 1. The number of anilines is 1. The fraction of sp³-hybridized carbons (Fsp3) is 0.400. The molecule has 3 aromatic rings. The summed E-state index contributed by atoms with van der Waals surface area (Å²) in [7, 11) is 0. The normalized spacial score (nSPS) is 13.1. The zero-order valence-corrected chi connectivity index (χ0v) is 18.3. The zero-order valence-electron chi connectivity index (χ0n) is 16.6. The van der Waals surface area contributed by atoms with E-state index in [0.717, 1.165) is 53.9 Å². The van der Waals surface area contributed by atoms with Crippen LogP contribution in [0, 0.1) is 0 Å². The van der Waals surface area contributed by atoms with Gasteiger partial charge in [-0.15, -0.1) is 10.2 Å². The van der Waals surface area contributed by atoms with Crippen molar-refractivity contribution in [3.8, 4) is 0 Å². The minimum absolute atomic E-state index is 0.175. The maximum absolute atomic E-state index is 12.8. The molecule has 0 unspecified atom stereocenters. The highest BCUT2D eigenvalue weighted by Gasteiger charge is 2.21. The van der Waals surface area contributed by atoms with Gasteiger partial charge in [0, 0.05) is 23.7 Å². The van der Waals surface area contributed by atoms with Gasteiger partial charge in [0.05, 0.1) is 12.3 Å². The molecule has 0 aliphatic heterocycles. The number of thioether (sulfide) groups is 1. The molecule has 0 bridgehead atoms. The molecule has 4 rings (SSSR count). The molecule has 0 saturated heterocycles. The van der Waals surface area contributed by atoms with Crippen LogP contribution in [0.5, 0.6) is 0 Å². The molecule has 1 aliphatic rings. The molecule has 0 atom stereocenters. The Bertz CT molecular complexity index is 1100. The Morgan fingerprint density at radius 2 is 2.03 bits per heavy atom. The van der Waals surface area contributed by atoms with E-state index in [0.29, 0.717) is 16.7 Å². The first-order chi connectivity index (χ1) is 14.6. The highest BCUT2D eigenvalue weighted by atomic mass is 32.2. The predicted octanol–water partition coefficient (Wildman–Crippen LogP) is 2.71. The lowest BCUT2D eigenvalue weighted by Crippen LogP contribution is -2.30. The summed E-state index contributed by atoms with van der Waals surface area (Å²) < 4.78 is 1.77. The third-order valence-corrected chi connectivity index (χ3v) is 6.90. The number of hydrogen-bond acceptors (Lipinski definition) is 8. The summed E-state index contributed by atoms with van der Waals surface area (Å²) in [5.74, 6) is 0.00000450. The van der Waals surface area contributed by atoms with Crippen LogP contribution in [0.1, 0.15) is 41.6 Å². The predicted molar refractivity (Wildman–Crippen MR) is 117 cm³/mol. The molecule has 156 valence electrons. The SMILES string of the molecule is CCc1nnc(NC(=O)CSc2nc(=O)n(Cc3ccncc3)c3c2CCCC3)s1. The lowest BCUT2D eigenvalue weighted by molar-refractivity contribution is -0.113. The van der Waals surface area contributed by atoms with Gasteiger partial charge in [-0.05, 0) is 49.8 Å². The van der Waals surface area contributed by atoms with E-state index < -0.39 is 0 Å². The first-order valence-corrected chi connectivity index (χ1v) is 11.7. The largest absolute Gasteiger partial charge is 0.349 e. The van der Waals surface area contributed by atoms with E-state index in [1.165, 1.54) is 23.1 Å². The minimum Gasteiger partial charge on any atom is -0.300 e. The summed E-state index contributed by atoms with van der Waals surface area (Å²) >= 11 is 2.69. The van der Waals surface area contributed by atoms with Crippen molar-refractivity contribution in [1.82, 2.24) is 24.7 Å². The van der Waals surface area contributed by atoms with Crippen molar-refractivity contribution in [2.45, 2.75) is 50.6 Å². The van der Waals surface area contributed by atoms with Crippen LogP contribution in [0.2, 0.25) is 0 Å². The molecular weight excluding hydrogens is 420 g/mol. The van der Waals surface area contributed by atoms with Gasteiger partial charge in [-0.3, -0.25) is 19.7 Å². The number of aromatic nitrogens is 5. The smallest absolute Gasteiger partial charge is 0.300 e. The summed E-state index contributed by atoms with van der Waals surface area (Å²) in [5.41, 5.74) is 2.88. The highest BCUT2D eigenvalue weighted by Crippen LogP contribution is 2.29. The van der Waals surface area contributed by atoms with E-state index in [9.17, 15) is 9.59 Å². The molecule has 8 nitrogen and oxygen atoms in total. The van der Waals surface area contributed by atoms with Crippen LogP contribution in [0.25, 0.3) is 0 Å². The molecular formula is C20H22N6O2S2. The van der Waals surface area contributed by atoms with Gasteiger partial charge in [0.25, 0.3) is 0 Å². The number of aryl methyl sites for hydroxylation is 1. The van der Waals surface area contributed by atoms with Gasteiger partial charge in [0.1, 0.15) is 10.0 Å². The van der Waals surface area contributed by atoms with Crippen LogP contribution in [0.4, 0.5) is 5.13 Å². The number of hydrogen-bond donors (Lipinski definition) is 1. The fourth-order valence-electron chi connectivity index (χ4n) is 3.44. The van der Waals surface area contributed by atoms with Gasteiger partial charge >= 0.3 is 5.69 Å². The summed E-state index contributed by atoms with van der Waals surface area (Å²) in [6.07, 6.45) is 8.07. The van der Waals surface area contributed by atoms with Gasteiger partial charge in [-0.25, -0.2) is 4.79 Å². The van der Waals surface area contributed by atoms with Crippen LogP contribution in [-0.2, 0) is 30.6 Å². The van der Waals surface area contributed by atoms with E-state index >= 15 is 0 Å². The van der Waals surface area contributed by atoms with Crippen LogP contribution < -0.4 is 11.0 Å². The number of carbonyl (C=O) groups is 1. The van der Waals surface area contributed by atoms with E-state index in [1.54, 1.807) is 17.0 Å². The number of fused-ring (bicyclic) bond motifs is 1. The first-order valence-electron chi connectivity index (χ1n) is 9.90. The Labute approximate surface area is 182 Å². The van der Waals surface area contributed by atoms with Crippen molar-refractivity contribution in [3.63, 3.8) is 0 Å². The van der Waals surface area contributed by atoms with Crippen molar-refractivity contribution in [2.75, 3.05) is 11.1 Å². The molecule has 1 amide bonds. The summed E-state index contributed by atoms with van der Waals surface area (Å²) in [6.45, 7) is 2.48. The van der Waals surface area contributed by atoms with Gasteiger partial charge in [-0.1, -0.05) is 30.0 Å². The fourth-order valence-corrected chi connectivity index (χ4v) is 5.01. The Morgan fingerprint density at radius 3 is 2.80 bits per heavy atom. The second kappa shape index (κ2) is 9.48. The van der Waals surface area contributed by atoms with Crippen molar-refractivity contribution < 1.29 is 4.79 Å². The second-order valence-electron chi connectivity index (χ2n) is 6.96. The molecule has 1 N–H and O–H groups in total. The van der Waals surface area contributed by atoms with Gasteiger partial charge < -0.3 is 0 Å². The molecule has 10 heteroatoms. The van der Waals surface area contributed by atoms with Crippen LogP contribution in [-0.4, -0.2) is 36.4 Å². The Kier molecular flexibility index (Phi) is 6.53.